The van der Waals surface area contributed by atoms with E-state index in [4.69, 9.17) is 4.98 Å². The van der Waals surface area contributed by atoms with Gasteiger partial charge in [0.15, 0.2) is 5.13 Å². The van der Waals surface area contributed by atoms with Gasteiger partial charge in [-0.1, -0.05) is 24.6 Å². The lowest BCUT2D eigenvalue weighted by molar-refractivity contribution is -0.138. The van der Waals surface area contributed by atoms with Crippen molar-refractivity contribution < 1.29 is 9.59 Å². The molecule has 5 rings (SSSR count). The number of rotatable bonds is 4. The van der Waals surface area contributed by atoms with Gasteiger partial charge in [0, 0.05) is 48.6 Å². The molecule has 1 saturated heterocycles. The van der Waals surface area contributed by atoms with Crippen LogP contribution >= 0.6 is 11.3 Å². The van der Waals surface area contributed by atoms with Gasteiger partial charge >= 0.3 is 0 Å². The van der Waals surface area contributed by atoms with E-state index in [1.807, 2.05) is 36.1 Å². The van der Waals surface area contributed by atoms with E-state index in [1.165, 1.54) is 11.3 Å². The topological polar surface area (TPSA) is 65.5 Å². The molecule has 164 valence electrons. The number of amides is 2. The van der Waals surface area contributed by atoms with Gasteiger partial charge < -0.3 is 15.1 Å². The average molecular weight is 439 g/mol. The van der Waals surface area contributed by atoms with E-state index >= 15 is 0 Å². The van der Waals surface area contributed by atoms with Crippen molar-refractivity contribution in [3.05, 3.63) is 40.4 Å². The van der Waals surface area contributed by atoms with Gasteiger partial charge in [0.2, 0.25) is 11.8 Å². The van der Waals surface area contributed by atoms with Crippen molar-refractivity contribution in [2.45, 2.75) is 45.4 Å². The molecule has 1 N–H and O–H groups in total. The van der Waals surface area contributed by atoms with Crippen molar-refractivity contribution in [2.24, 2.45) is 11.8 Å². The first kappa shape index (κ1) is 20.5. The SMILES string of the molecule is Cc1ccccc1NC(=O)[C@H]1CCc2nc(N3CCN(C(=O)C4CCC4)CC3)sc2C1. The number of anilines is 2. The molecule has 7 heteroatoms. The maximum Gasteiger partial charge on any atom is 0.227 e. The average Bonchev–Trinajstić information content (AvgIpc) is 3.17. The van der Waals surface area contributed by atoms with Crippen molar-refractivity contribution in [1.29, 1.82) is 0 Å². The van der Waals surface area contributed by atoms with Crippen LogP contribution in [-0.2, 0) is 22.4 Å². The molecule has 31 heavy (non-hydrogen) atoms. The van der Waals surface area contributed by atoms with Crippen molar-refractivity contribution in [2.75, 3.05) is 36.4 Å². The van der Waals surface area contributed by atoms with E-state index in [1.54, 1.807) is 11.3 Å². The Balaban J connectivity index is 1.19. The Morgan fingerprint density at radius 3 is 2.55 bits per heavy atom. The van der Waals surface area contributed by atoms with E-state index in [9.17, 15) is 9.59 Å². The maximum absolute atomic E-state index is 12.8. The summed E-state index contributed by atoms with van der Waals surface area (Å²) in [5, 5.41) is 4.17. The number of nitrogens with one attached hydrogen (secondary N) is 1. The molecule has 0 radical (unpaired) electrons. The Hall–Kier alpha value is -2.41. The van der Waals surface area contributed by atoms with Crippen LogP contribution in [0.3, 0.4) is 0 Å². The second kappa shape index (κ2) is 8.61. The summed E-state index contributed by atoms with van der Waals surface area (Å²) in [6.07, 6.45) is 5.80. The molecule has 1 aliphatic heterocycles. The highest BCUT2D eigenvalue weighted by molar-refractivity contribution is 7.15. The Kier molecular flexibility index (Phi) is 5.69. The number of hydrogen-bond acceptors (Lipinski definition) is 5. The normalized spacial score (nSPS) is 21.4. The molecule has 1 atom stereocenters. The Labute approximate surface area is 187 Å². The zero-order valence-electron chi connectivity index (χ0n) is 18.1. The molecule has 1 aromatic heterocycles. The Morgan fingerprint density at radius 1 is 1.06 bits per heavy atom. The van der Waals surface area contributed by atoms with Crippen LogP contribution in [0, 0.1) is 18.8 Å². The number of benzene rings is 1. The molecule has 3 aliphatic rings. The minimum atomic E-state index is -0.00245. The van der Waals surface area contributed by atoms with E-state index in [0.29, 0.717) is 5.91 Å². The van der Waals surface area contributed by atoms with Crippen LogP contribution in [-0.4, -0.2) is 47.9 Å². The number of aromatic nitrogens is 1. The van der Waals surface area contributed by atoms with Gasteiger partial charge in [-0.15, -0.1) is 11.3 Å². The lowest BCUT2D eigenvalue weighted by Crippen LogP contribution is -2.51. The van der Waals surface area contributed by atoms with Gasteiger partial charge in [0.05, 0.1) is 5.69 Å². The third-order valence-electron chi connectivity index (χ3n) is 7.02. The third kappa shape index (κ3) is 4.20. The second-order valence-corrected chi connectivity index (χ2v) is 10.1. The number of para-hydroxylation sites is 1. The summed E-state index contributed by atoms with van der Waals surface area (Å²) in [5.74, 6) is 0.740. The largest absolute Gasteiger partial charge is 0.345 e. The van der Waals surface area contributed by atoms with E-state index in [0.717, 1.165) is 80.4 Å². The Bertz CT molecular complexity index is 976. The van der Waals surface area contributed by atoms with Gasteiger partial charge in [-0.25, -0.2) is 4.98 Å². The summed E-state index contributed by atoms with van der Waals surface area (Å²) in [7, 11) is 0. The van der Waals surface area contributed by atoms with Crippen LogP contribution in [0.2, 0.25) is 0 Å². The molecular formula is C24H30N4O2S. The van der Waals surface area contributed by atoms with E-state index < -0.39 is 0 Å². The van der Waals surface area contributed by atoms with E-state index in [-0.39, 0.29) is 17.7 Å². The number of carbonyl (C=O) groups is 2. The molecule has 0 bridgehead atoms. The highest BCUT2D eigenvalue weighted by Crippen LogP contribution is 2.35. The molecule has 6 nitrogen and oxygen atoms in total. The minimum absolute atomic E-state index is 0.00245. The summed E-state index contributed by atoms with van der Waals surface area (Å²) in [6.45, 7) is 5.30. The van der Waals surface area contributed by atoms with Crippen LogP contribution in [0.5, 0.6) is 0 Å². The fourth-order valence-electron chi connectivity index (χ4n) is 4.70. The van der Waals surface area contributed by atoms with Crippen molar-refractivity contribution in [3.8, 4) is 0 Å². The summed E-state index contributed by atoms with van der Waals surface area (Å²) in [5.41, 5.74) is 3.15. The minimum Gasteiger partial charge on any atom is -0.345 e. The molecule has 2 fully saturated rings. The van der Waals surface area contributed by atoms with Gasteiger partial charge in [0.25, 0.3) is 0 Å². The standard InChI is InChI=1S/C24H30N4O2S/c1-16-5-2-3-8-19(16)25-22(29)18-9-10-20-21(15-18)31-24(26-20)28-13-11-27(12-14-28)23(30)17-6-4-7-17/h2-3,5,8,17-18H,4,6-7,9-15H2,1H3,(H,25,29)/t18-/m0/s1. The molecule has 2 amide bonds. The van der Waals surface area contributed by atoms with Crippen LogP contribution in [0.15, 0.2) is 24.3 Å². The first-order chi connectivity index (χ1) is 15.1. The number of fused-ring (bicyclic) bond motifs is 1. The number of carbonyl (C=O) groups excluding carboxylic acids is 2. The highest BCUT2D eigenvalue weighted by atomic mass is 32.1. The second-order valence-electron chi connectivity index (χ2n) is 9.05. The smallest absolute Gasteiger partial charge is 0.227 e. The number of thiazole rings is 1. The monoisotopic (exact) mass is 438 g/mol. The predicted octanol–water partition coefficient (Wildman–Crippen LogP) is 3.64. The van der Waals surface area contributed by atoms with Crippen LogP contribution in [0.4, 0.5) is 10.8 Å². The van der Waals surface area contributed by atoms with Gasteiger partial charge in [0.1, 0.15) is 0 Å². The van der Waals surface area contributed by atoms with Crippen molar-refractivity contribution in [1.82, 2.24) is 9.88 Å². The molecule has 1 saturated carbocycles. The van der Waals surface area contributed by atoms with Gasteiger partial charge in [-0.05, 0) is 50.7 Å². The van der Waals surface area contributed by atoms with Gasteiger partial charge in [-0.3, -0.25) is 9.59 Å². The molecule has 2 heterocycles. The summed E-state index contributed by atoms with van der Waals surface area (Å²) < 4.78 is 0. The molecule has 0 unspecified atom stereocenters. The first-order valence-electron chi connectivity index (χ1n) is 11.5. The van der Waals surface area contributed by atoms with Crippen LogP contribution < -0.4 is 10.2 Å². The summed E-state index contributed by atoms with van der Waals surface area (Å²) in [6, 6.07) is 7.92. The first-order valence-corrected chi connectivity index (χ1v) is 12.3. The third-order valence-corrected chi connectivity index (χ3v) is 8.20. The molecular weight excluding hydrogens is 408 g/mol. The van der Waals surface area contributed by atoms with Gasteiger partial charge in [-0.2, -0.15) is 0 Å². The fraction of sp³-hybridized carbons (Fsp3) is 0.542. The maximum atomic E-state index is 12.8. The number of aryl methyl sites for hydroxylation is 2. The predicted molar refractivity (Wildman–Crippen MR) is 124 cm³/mol. The van der Waals surface area contributed by atoms with Crippen molar-refractivity contribution in [3.63, 3.8) is 0 Å². The number of nitrogens with zero attached hydrogens (tertiary/aromatic N) is 3. The summed E-state index contributed by atoms with van der Waals surface area (Å²) in [4.78, 5) is 35.9. The van der Waals surface area contributed by atoms with E-state index in [2.05, 4.69) is 10.2 Å². The highest BCUT2D eigenvalue weighted by Gasteiger charge is 2.33. The zero-order chi connectivity index (χ0) is 21.4. The molecule has 0 spiro atoms. The fourth-order valence-corrected chi connectivity index (χ4v) is 5.94. The summed E-state index contributed by atoms with van der Waals surface area (Å²) >= 11 is 1.74. The number of piperazine rings is 1. The zero-order valence-corrected chi connectivity index (χ0v) is 18.9. The molecule has 1 aromatic carbocycles. The molecule has 2 aromatic rings. The lowest BCUT2D eigenvalue weighted by atomic mass is 9.84. The van der Waals surface area contributed by atoms with Crippen LogP contribution in [0.25, 0.3) is 0 Å². The quantitative estimate of drug-likeness (QED) is 0.792. The lowest BCUT2D eigenvalue weighted by Gasteiger charge is -2.38. The molecule has 2 aliphatic carbocycles. The van der Waals surface area contributed by atoms with Crippen LogP contribution in [0.1, 0.15) is 41.8 Å². The number of hydrogen-bond donors (Lipinski definition) is 1. The van der Waals surface area contributed by atoms with Crippen molar-refractivity contribution >= 4 is 34.0 Å². The Morgan fingerprint density at radius 2 is 1.84 bits per heavy atom.